The molecular weight excluding hydrogens is 336 g/mol. The number of anilines is 2. The topological polar surface area (TPSA) is 6.48 Å². The Morgan fingerprint density at radius 2 is 1.77 bits per heavy atom. The maximum Gasteiger partial charge on any atom is 0.0567 e. The second-order valence-corrected chi connectivity index (χ2v) is 7.01. The number of nitrogens with zero attached hydrogens (tertiary/aromatic N) is 2. The van der Waals surface area contributed by atoms with Crippen LogP contribution < -0.4 is 4.90 Å². The minimum atomic E-state index is 0. The highest BCUT2D eigenvalue weighted by atomic mass is 35.5. The van der Waals surface area contributed by atoms with Crippen LogP contribution in [0.2, 0.25) is 5.02 Å². The summed E-state index contributed by atoms with van der Waals surface area (Å²) in [6.07, 6.45) is 1.12. The Morgan fingerprint density at radius 3 is 2.55 bits per heavy atom. The van der Waals surface area contributed by atoms with E-state index in [4.69, 9.17) is 11.6 Å². The van der Waals surface area contributed by atoms with E-state index in [-0.39, 0.29) is 12.4 Å². The SMILES string of the molecule is CN([13CH3])CCCN1c2ccccc2Sc2ccc(Cl)cc21.Cl. The van der Waals surface area contributed by atoms with Crippen LogP contribution >= 0.6 is 35.8 Å². The standard InChI is InChI=1S/C17H19ClN2S.ClH/c1-19(2)10-5-11-20-14-6-3-4-7-16(14)21-17-9-8-13(18)12-15(17)20;/h3-4,6-9,12H,5,10-11H2,1-2H3;1H/i1+1;. The molecule has 0 spiro atoms. The lowest BCUT2D eigenvalue weighted by Crippen LogP contribution is -2.25. The lowest BCUT2D eigenvalue weighted by molar-refractivity contribution is 0.402. The molecule has 0 aromatic heterocycles. The average Bonchev–Trinajstić information content (AvgIpc) is 2.46. The van der Waals surface area contributed by atoms with Gasteiger partial charge >= 0.3 is 0 Å². The number of hydrogen-bond donors (Lipinski definition) is 0. The molecule has 0 unspecified atom stereocenters. The number of halogens is 2. The summed E-state index contributed by atoms with van der Waals surface area (Å²) in [6, 6.07) is 14.8. The van der Waals surface area contributed by atoms with E-state index in [1.165, 1.54) is 21.2 Å². The smallest absolute Gasteiger partial charge is 0.0567 e. The molecular formula is C17H20Cl2N2S. The zero-order valence-corrected chi connectivity index (χ0v) is 15.1. The van der Waals surface area contributed by atoms with Gasteiger partial charge in [0, 0.05) is 21.4 Å². The van der Waals surface area contributed by atoms with E-state index < -0.39 is 0 Å². The van der Waals surface area contributed by atoms with E-state index in [1.807, 2.05) is 17.8 Å². The third-order valence-electron chi connectivity index (χ3n) is 3.57. The fraction of sp³-hybridized carbons (Fsp3) is 0.294. The largest absolute Gasteiger partial charge is 0.340 e. The van der Waals surface area contributed by atoms with Gasteiger partial charge in [-0.3, -0.25) is 0 Å². The molecule has 0 radical (unpaired) electrons. The summed E-state index contributed by atoms with van der Waals surface area (Å²) in [6.45, 7) is 2.09. The van der Waals surface area contributed by atoms with Gasteiger partial charge in [-0.15, -0.1) is 12.4 Å². The van der Waals surface area contributed by atoms with Gasteiger partial charge in [0.05, 0.1) is 11.4 Å². The van der Waals surface area contributed by atoms with Gasteiger partial charge in [-0.25, -0.2) is 0 Å². The molecule has 2 nitrogen and oxygen atoms in total. The number of para-hydroxylation sites is 1. The van der Waals surface area contributed by atoms with Crippen LogP contribution in [0.25, 0.3) is 0 Å². The van der Waals surface area contributed by atoms with Gasteiger partial charge in [0.25, 0.3) is 0 Å². The van der Waals surface area contributed by atoms with Crippen molar-refractivity contribution in [3.63, 3.8) is 0 Å². The molecule has 0 saturated carbocycles. The lowest BCUT2D eigenvalue weighted by Gasteiger charge is -2.33. The number of fused-ring (bicyclic) bond motifs is 2. The van der Waals surface area contributed by atoms with Gasteiger partial charge in [-0.2, -0.15) is 0 Å². The molecule has 2 aromatic carbocycles. The second-order valence-electron chi connectivity index (χ2n) is 5.49. The Morgan fingerprint density at radius 1 is 1.05 bits per heavy atom. The van der Waals surface area contributed by atoms with Crippen LogP contribution in [0.1, 0.15) is 6.42 Å². The minimum absolute atomic E-state index is 0. The zero-order chi connectivity index (χ0) is 14.8. The van der Waals surface area contributed by atoms with Gasteiger partial charge in [0.1, 0.15) is 0 Å². The van der Waals surface area contributed by atoms with Gasteiger partial charge in [0.15, 0.2) is 0 Å². The fourth-order valence-electron chi connectivity index (χ4n) is 2.59. The van der Waals surface area contributed by atoms with Crippen LogP contribution in [0.5, 0.6) is 0 Å². The molecule has 3 rings (SSSR count). The zero-order valence-electron chi connectivity index (χ0n) is 12.8. The van der Waals surface area contributed by atoms with Crippen molar-refractivity contribution in [1.82, 2.24) is 4.90 Å². The van der Waals surface area contributed by atoms with Crippen LogP contribution in [0.3, 0.4) is 0 Å². The van der Waals surface area contributed by atoms with Crippen molar-refractivity contribution in [3.8, 4) is 0 Å². The van der Waals surface area contributed by atoms with Crippen molar-refractivity contribution < 1.29 is 0 Å². The number of benzene rings is 2. The first-order valence-electron chi connectivity index (χ1n) is 7.14. The normalized spacial score (nSPS) is 12.6. The molecule has 0 N–H and O–H groups in total. The first kappa shape index (κ1) is 17.5. The average molecular weight is 356 g/mol. The van der Waals surface area contributed by atoms with Crippen molar-refractivity contribution in [2.24, 2.45) is 0 Å². The molecule has 5 heteroatoms. The Labute approximate surface area is 147 Å². The van der Waals surface area contributed by atoms with Crippen LogP contribution in [0.15, 0.2) is 52.3 Å². The second kappa shape index (κ2) is 7.60. The summed E-state index contributed by atoms with van der Waals surface area (Å²) >= 11 is 8.03. The monoisotopic (exact) mass is 355 g/mol. The summed E-state index contributed by atoms with van der Waals surface area (Å²) in [4.78, 5) is 7.22. The van der Waals surface area contributed by atoms with Crippen LogP contribution in [0.4, 0.5) is 11.4 Å². The molecule has 1 aliphatic rings. The van der Waals surface area contributed by atoms with Gasteiger partial charge in [-0.1, -0.05) is 35.5 Å². The predicted molar refractivity (Wildman–Crippen MR) is 99.4 cm³/mol. The quantitative estimate of drug-likeness (QED) is 0.685. The summed E-state index contributed by atoms with van der Waals surface area (Å²) < 4.78 is 0. The Hall–Kier alpha value is -0.870. The molecule has 0 saturated heterocycles. The molecule has 118 valence electrons. The fourth-order valence-corrected chi connectivity index (χ4v) is 3.83. The minimum Gasteiger partial charge on any atom is -0.340 e. The summed E-state index contributed by atoms with van der Waals surface area (Å²) in [5, 5.41) is 0.798. The molecule has 0 atom stereocenters. The van der Waals surface area contributed by atoms with Crippen LogP contribution in [-0.4, -0.2) is 32.1 Å². The van der Waals surface area contributed by atoms with E-state index in [9.17, 15) is 0 Å². The summed E-state index contributed by atoms with van der Waals surface area (Å²) in [5.74, 6) is 0. The lowest BCUT2D eigenvalue weighted by atomic mass is 10.2. The molecule has 1 aliphatic heterocycles. The first-order valence-corrected chi connectivity index (χ1v) is 8.33. The maximum atomic E-state index is 6.21. The highest BCUT2D eigenvalue weighted by Gasteiger charge is 2.22. The van der Waals surface area contributed by atoms with Crippen molar-refractivity contribution >= 4 is 47.1 Å². The van der Waals surface area contributed by atoms with Crippen molar-refractivity contribution in [1.29, 1.82) is 0 Å². The van der Waals surface area contributed by atoms with E-state index in [2.05, 4.69) is 60.3 Å². The third kappa shape index (κ3) is 3.72. The summed E-state index contributed by atoms with van der Waals surface area (Å²) in [7, 11) is 4.23. The molecule has 0 amide bonds. The molecule has 2 aromatic rings. The molecule has 1 heterocycles. The van der Waals surface area contributed by atoms with Gasteiger partial charge < -0.3 is 9.80 Å². The molecule has 0 aliphatic carbocycles. The highest BCUT2D eigenvalue weighted by Crippen LogP contribution is 2.48. The predicted octanol–water partition coefficient (Wildman–Crippen LogP) is 5.32. The molecule has 22 heavy (non-hydrogen) atoms. The van der Waals surface area contributed by atoms with Crippen LogP contribution in [0, 0.1) is 0 Å². The van der Waals surface area contributed by atoms with E-state index in [0.717, 1.165) is 24.5 Å². The maximum absolute atomic E-state index is 6.21. The Bertz CT molecular complexity index is 646. The third-order valence-corrected chi connectivity index (χ3v) is 4.94. The number of hydrogen-bond acceptors (Lipinski definition) is 3. The van der Waals surface area contributed by atoms with Crippen molar-refractivity contribution in [2.75, 3.05) is 32.1 Å². The highest BCUT2D eigenvalue weighted by molar-refractivity contribution is 7.99. The first-order chi connectivity index (χ1) is 10.1. The van der Waals surface area contributed by atoms with Crippen molar-refractivity contribution in [3.05, 3.63) is 47.5 Å². The van der Waals surface area contributed by atoms with E-state index in [1.54, 1.807) is 0 Å². The van der Waals surface area contributed by atoms with Crippen molar-refractivity contribution in [2.45, 2.75) is 16.2 Å². The Kier molecular flexibility index (Phi) is 6.04. The molecule has 0 bridgehead atoms. The van der Waals surface area contributed by atoms with Gasteiger partial charge in [0.2, 0.25) is 0 Å². The Balaban J connectivity index is 0.00000176. The van der Waals surface area contributed by atoms with Crippen LogP contribution in [-0.2, 0) is 0 Å². The van der Waals surface area contributed by atoms with Gasteiger partial charge in [-0.05, 0) is 57.4 Å². The molecule has 0 fully saturated rings. The summed E-state index contributed by atoms with van der Waals surface area (Å²) in [5.41, 5.74) is 2.51. The van der Waals surface area contributed by atoms with E-state index >= 15 is 0 Å². The van der Waals surface area contributed by atoms with E-state index in [0.29, 0.717) is 0 Å². The number of rotatable bonds is 4.